The van der Waals surface area contributed by atoms with Crippen molar-refractivity contribution in [3.8, 4) is 0 Å². The van der Waals surface area contributed by atoms with Gasteiger partial charge in [-0.25, -0.2) is 4.39 Å². The van der Waals surface area contributed by atoms with Crippen LogP contribution in [-0.2, 0) is 19.6 Å². The normalized spacial score (nSPS) is 19.5. The lowest BCUT2D eigenvalue weighted by Crippen LogP contribution is -2.45. The van der Waals surface area contributed by atoms with Crippen LogP contribution in [-0.4, -0.2) is 55.4 Å². The van der Waals surface area contributed by atoms with Crippen molar-refractivity contribution >= 4 is 22.6 Å². The van der Waals surface area contributed by atoms with E-state index < -0.39 is 11.9 Å². The molecule has 0 aromatic carbocycles. The van der Waals surface area contributed by atoms with Crippen molar-refractivity contribution in [3.63, 3.8) is 0 Å². The first-order valence-corrected chi connectivity index (χ1v) is 11.1. The summed E-state index contributed by atoms with van der Waals surface area (Å²) < 4.78 is 15.2. The second-order valence-electron chi connectivity index (χ2n) is 8.27. The molecular formula is C23H26ClFN4O3. The molecular weight excluding hydrogens is 435 g/mol. The molecule has 4 heterocycles. The largest absolute Gasteiger partial charge is 0.392 e. The molecule has 1 aliphatic heterocycles. The Kier molecular flexibility index (Phi) is 7.15. The highest BCUT2D eigenvalue weighted by Crippen LogP contribution is 2.24. The summed E-state index contributed by atoms with van der Waals surface area (Å²) >= 11 is 6.11. The van der Waals surface area contributed by atoms with E-state index in [-0.39, 0.29) is 18.1 Å². The van der Waals surface area contributed by atoms with Gasteiger partial charge in [-0.3, -0.25) is 19.7 Å². The maximum atomic E-state index is 13.6. The second-order valence-corrected chi connectivity index (χ2v) is 8.67. The van der Waals surface area contributed by atoms with Crippen molar-refractivity contribution in [1.82, 2.24) is 19.4 Å². The fourth-order valence-corrected chi connectivity index (χ4v) is 4.56. The molecule has 170 valence electrons. The number of pyridine rings is 3. The molecule has 0 bridgehead atoms. The molecule has 0 spiro atoms. The maximum absolute atomic E-state index is 13.6. The van der Waals surface area contributed by atoms with E-state index in [4.69, 9.17) is 11.6 Å². The van der Waals surface area contributed by atoms with Gasteiger partial charge in [-0.15, -0.1) is 0 Å². The Morgan fingerprint density at radius 3 is 2.78 bits per heavy atom. The lowest BCUT2D eigenvalue weighted by molar-refractivity contribution is 0.0174. The summed E-state index contributed by atoms with van der Waals surface area (Å²) in [6.07, 6.45) is 4.82. The average Bonchev–Trinajstić information content (AvgIpc) is 2.78. The van der Waals surface area contributed by atoms with Crippen molar-refractivity contribution in [2.24, 2.45) is 5.92 Å². The van der Waals surface area contributed by atoms with Crippen LogP contribution < -0.4 is 5.56 Å². The van der Waals surface area contributed by atoms with Gasteiger partial charge in [0.2, 0.25) is 0 Å². The number of aromatic nitrogens is 3. The Labute approximate surface area is 190 Å². The number of hydrogen-bond donors (Lipinski definition) is 2. The molecule has 32 heavy (non-hydrogen) atoms. The van der Waals surface area contributed by atoms with Crippen LogP contribution in [0.4, 0.5) is 4.39 Å². The minimum Gasteiger partial charge on any atom is -0.392 e. The van der Waals surface area contributed by atoms with Crippen LogP contribution in [0.15, 0.2) is 41.5 Å². The van der Waals surface area contributed by atoms with E-state index >= 15 is 0 Å². The smallest absolute Gasteiger partial charge is 0.251 e. The minimum atomic E-state index is -0.476. The molecule has 2 N–H and O–H groups in total. The van der Waals surface area contributed by atoms with Crippen molar-refractivity contribution in [2.75, 3.05) is 19.6 Å². The van der Waals surface area contributed by atoms with Gasteiger partial charge in [0.05, 0.1) is 40.7 Å². The first kappa shape index (κ1) is 22.8. The van der Waals surface area contributed by atoms with Crippen molar-refractivity contribution in [3.05, 3.63) is 69.1 Å². The zero-order valence-electron chi connectivity index (χ0n) is 17.6. The molecule has 3 aromatic heterocycles. The van der Waals surface area contributed by atoms with Crippen LogP contribution >= 0.6 is 11.6 Å². The first-order valence-electron chi connectivity index (χ1n) is 10.7. The average molecular weight is 461 g/mol. The Morgan fingerprint density at radius 2 is 2.03 bits per heavy atom. The molecule has 0 radical (unpaired) electrons. The summed E-state index contributed by atoms with van der Waals surface area (Å²) in [5.74, 6) is -0.309. The number of likely N-dealkylation sites (tertiary alicyclic amines) is 1. The van der Waals surface area contributed by atoms with Crippen LogP contribution in [0, 0.1) is 11.7 Å². The summed E-state index contributed by atoms with van der Waals surface area (Å²) in [6, 6.07) is 6.20. The Balaban J connectivity index is 1.33. The van der Waals surface area contributed by atoms with Crippen molar-refractivity contribution < 1.29 is 14.6 Å². The molecule has 9 heteroatoms. The SMILES string of the molecule is O=c1ccc2ncc(F)cc2n1CCN1CC[C@H](CCc2cnc(CO)c(Cl)c2)[C@H](O)C1. The predicted molar refractivity (Wildman–Crippen MR) is 120 cm³/mol. The number of hydrogen-bond acceptors (Lipinski definition) is 6. The Bertz CT molecular complexity index is 1160. The molecule has 0 amide bonds. The molecule has 1 aliphatic rings. The number of β-amino-alcohol motifs (C(OH)–C–C–N with tert-alkyl or cyclic N) is 1. The van der Waals surface area contributed by atoms with Crippen LogP contribution in [0.25, 0.3) is 11.0 Å². The lowest BCUT2D eigenvalue weighted by Gasteiger charge is -2.36. The van der Waals surface area contributed by atoms with Gasteiger partial charge in [0.15, 0.2) is 0 Å². The van der Waals surface area contributed by atoms with Gasteiger partial charge in [0.25, 0.3) is 5.56 Å². The molecule has 4 rings (SSSR count). The number of aryl methyl sites for hydroxylation is 1. The summed E-state index contributed by atoms with van der Waals surface area (Å²) in [5.41, 5.74) is 2.31. The van der Waals surface area contributed by atoms with Gasteiger partial charge >= 0.3 is 0 Å². The van der Waals surface area contributed by atoms with Gasteiger partial charge in [-0.2, -0.15) is 0 Å². The number of rotatable bonds is 7. The zero-order valence-corrected chi connectivity index (χ0v) is 18.4. The Hall–Kier alpha value is -2.39. The van der Waals surface area contributed by atoms with Crippen LogP contribution in [0.2, 0.25) is 5.02 Å². The van der Waals surface area contributed by atoms with E-state index in [1.165, 1.54) is 16.7 Å². The van der Waals surface area contributed by atoms with E-state index in [0.717, 1.165) is 37.6 Å². The highest BCUT2D eigenvalue weighted by atomic mass is 35.5. The molecule has 3 aromatic rings. The van der Waals surface area contributed by atoms with Crippen LogP contribution in [0.1, 0.15) is 24.1 Å². The van der Waals surface area contributed by atoms with Gasteiger partial charge in [0.1, 0.15) is 5.82 Å². The topological polar surface area (TPSA) is 91.5 Å². The van der Waals surface area contributed by atoms with E-state index in [9.17, 15) is 19.4 Å². The third kappa shape index (κ3) is 5.15. The fraction of sp³-hybridized carbons (Fsp3) is 0.435. The predicted octanol–water partition coefficient (Wildman–Crippen LogP) is 2.39. The zero-order chi connectivity index (χ0) is 22.7. The van der Waals surface area contributed by atoms with Gasteiger partial charge in [0, 0.05) is 38.0 Å². The monoisotopic (exact) mass is 460 g/mol. The van der Waals surface area contributed by atoms with E-state index in [2.05, 4.69) is 14.9 Å². The fourth-order valence-electron chi connectivity index (χ4n) is 4.31. The van der Waals surface area contributed by atoms with E-state index in [1.807, 2.05) is 6.07 Å². The van der Waals surface area contributed by atoms with E-state index in [0.29, 0.717) is 41.4 Å². The summed E-state index contributed by atoms with van der Waals surface area (Å²) in [5, 5.41) is 20.3. The summed E-state index contributed by atoms with van der Waals surface area (Å²) in [4.78, 5) is 22.7. The quantitative estimate of drug-likeness (QED) is 0.562. The standard InChI is InChI=1S/C23H26ClFN4O3/c24-18-9-15(11-26-20(18)14-30)1-2-16-5-6-28(13-22(16)31)7-8-29-21-10-17(25)12-27-19(21)3-4-23(29)32/h3-4,9-12,16,22,30-31H,1-2,5-8,13-14H2/t16-,22+/m0/s1. The highest BCUT2D eigenvalue weighted by molar-refractivity contribution is 6.31. The molecule has 0 unspecified atom stereocenters. The number of piperidine rings is 1. The highest BCUT2D eigenvalue weighted by Gasteiger charge is 2.27. The number of aliphatic hydroxyl groups is 2. The number of halogens is 2. The molecule has 0 aliphatic carbocycles. The lowest BCUT2D eigenvalue weighted by atomic mass is 9.88. The number of nitrogens with zero attached hydrogens (tertiary/aromatic N) is 4. The van der Waals surface area contributed by atoms with Crippen molar-refractivity contribution in [2.45, 2.75) is 38.5 Å². The number of fused-ring (bicyclic) bond motifs is 1. The van der Waals surface area contributed by atoms with Gasteiger partial charge in [-0.1, -0.05) is 11.6 Å². The molecule has 0 saturated carbocycles. The second kappa shape index (κ2) is 10.0. The van der Waals surface area contributed by atoms with Gasteiger partial charge < -0.3 is 14.8 Å². The molecule has 2 atom stereocenters. The van der Waals surface area contributed by atoms with Gasteiger partial charge in [-0.05, 0) is 49.4 Å². The summed E-state index contributed by atoms with van der Waals surface area (Å²) in [7, 11) is 0. The minimum absolute atomic E-state index is 0.168. The molecule has 1 saturated heterocycles. The maximum Gasteiger partial charge on any atom is 0.251 e. The number of aliphatic hydroxyl groups excluding tert-OH is 2. The Morgan fingerprint density at radius 1 is 1.19 bits per heavy atom. The summed E-state index contributed by atoms with van der Waals surface area (Å²) in [6.45, 7) is 2.14. The molecule has 1 fully saturated rings. The van der Waals surface area contributed by atoms with Crippen molar-refractivity contribution in [1.29, 1.82) is 0 Å². The third-order valence-corrected chi connectivity index (χ3v) is 6.50. The van der Waals surface area contributed by atoms with E-state index in [1.54, 1.807) is 12.3 Å². The van der Waals surface area contributed by atoms with Crippen LogP contribution in [0.5, 0.6) is 0 Å². The van der Waals surface area contributed by atoms with Crippen LogP contribution in [0.3, 0.4) is 0 Å². The third-order valence-electron chi connectivity index (χ3n) is 6.18. The first-order chi connectivity index (χ1) is 15.4. The molecule has 7 nitrogen and oxygen atoms in total.